The SMILES string of the molecule is O=C(OC1CCCCCCCCCCC1)C(F)(F)C(F)(F)F. The molecule has 2 nitrogen and oxygen atoms in total. The molecule has 0 N–H and O–H groups in total. The zero-order valence-electron chi connectivity index (χ0n) is 12.6. The van der Waals surface area contributed by atoms with Gasteiger partial charge in [-0.1, -0.05) is 44.9 Å². The van der Waals surface area contributed by atoms with Gasteiger partial charge < -0.3 is 4.74 Å². The van der Waals surface area contributed by atoms with Gasteiger partial charge in [-0.25, -0.2) is 4.79 Å². The average Bonchev–Trinajstić information content (AvgIpc) is 2.40. The number of halogens is 5. The Hall–Kier alpha value is -0.880. The van der Waals surface area contributed by atoms with Gasteiger partial charge in [-0.15, -0.1) is 0 Å². The molecule has 1 aliphatic carbocycles. The molecule has 0 aliphatic heterocycles. The number of carbonyl (C=O) groups is 1. The molecule has 0 saturated heterocycles. The average molecular weight is 330 g/mol. The minimum atomic E-state index is -5.91. The molecule has 0 aromatic carbocycles. The molecular formula is C15H23F5O2. The first kappa shape index (κ1) is 19.2. The van der Waals surface area contributed by atoms with Crippen molar-refractivity contribution in [3.8, 4) is 0 Å². The highest BCUT2D eigenvalue weighted by molar-refractivity contribution is 5.78. The first-order chi connectivity index (χ1) is 10.2. The van der Waals surface area contributed by atoms with Crippen LogP contribution in [0, 0.1) is 0 Å². The highest BCUT2D eigenvalue weighted by Gasteiger charge is 2.65. The molecule has 0 radical (unpaired) electrons. The van der Waals surface area contributed by atoms with E-state index in [9.17, 15) is 26.7 Å². The molecule has 0 atom stereocenters. The van der Waals surface area contributed by atoms with E-state index in [4.69, 9.17) is 0 Å². The lowest BCUT2D eigenvalue weighted by molar-refractivity contribution is -0.282. The molecule has 0 bridgehead atoms. The standard InChI is InChI=1S/C15H23F5O2/c16-14(17,15(18,19)20)13(21)22-12-10-8-6-4-2-1-3-5-7-9-11-12/h12H,1-11H2. The Kier molecular flexibility index (Phi) is 7.56. The van der Waals surface area contributed by atoms with E-state index in [0.717, 1.165) is 38.5 Å². The van der Waals surface area contributed by atoms with E-state index in [2.05, 4.69) is 4.74 Å². The highest BCUT2D eigenvalue weighted by Crippen LogP contribution is 2.37. The summed E-state index contributed by atoms with van der Waals surface area (Å²) in [6.45, 7) is 0. The van der Waals surface area contributed by atoms with Gasteiger partial charge in [0.15, 0.2) is 0 Å². The number of carbonyl (C=O) groups excluding carboxylic acids is 1. The van der Waals surface area contributed by atoms with Gasteiger partial charge in [-0.05, 0) is 25.7 Å². The van der Waals surface area contributed by atoms with Crippen LogP contribution in [-0.4, -0.2) is 24.2 Å². The summed E-state index contributed by atoms with van der Waals surface area (Å²) < 4.78 is 66.8. The third-order valence-corrected chi connectivity index (χ3v) is 3.94. The van der Waals surface area contributed by atoms with Crippen LogP contribution < -0.4 is 0 Å². The number of rotatable bonds is 2. The van der Waals surface area contributed by atoms with Crippen molar-refractivity contribution >= 4 is 5.97 Å². The second kappa shape index (κ2) is 8.67. The summed E-state index contributed by atoms with van der Waals surface area (Å²) in [6.07, 6.45) is 2.47. The van der Waals surface area contributed by atoms with Crippen LogP contribution in [0.15, 0.2) is 0 Å². The third kappa shape index (κ3) is 6.08. The Morgan fingerprint density at radius 1 is 0.727 bits per heavy atom. The molecule has 22 heavy (non-hydrogen) atoms. The minimum absolute atomic E-state index is 0.347. The zero-order valence-corrected chi connectivity index (χ0v) is 12.6. The first-order valence-corrected chi connectivity index (χ1v) is 7.91. The number of esters is 1. The second-order valence-corrected chi connectivity index (χ2v) is 5.86. The molecule has 1 aliphatic rings. The van der Waals surface area contributed by atoms with Gasteiger partial charge in [0, 0.05) is 0 Å². The lowest BCUT2D eigenvalue weighted by atomic mass is 9.99. The van der Waals surface area contributed by atoms with Gasteiger partial charge >= 0.3 is 18.1 Å². The monoisotopic (exact) mass is 330 g/mol. The predicted octanol–water partition coefficient (Wildman–Crippen LogP) is 5.40. The maximum absolute atomic E-state index is 12.9. The molecule has 1 saturated carbocycles. The summed E-state index contributed by atoms with van der Waals surface area (Å²) in [5, 5.41) is 0. The Morgan fingerprint density at radius 2 is 1.09 bits per heavy atom. The summed E-state index contributed by atoms with van der Waals surface area (Å²) in [7, 11) is 0. The molecule has 7 heteroatoms. The van der Waals surface area contributed by atoms with Gasteiger partial charge in [0.2, 0.25) is 0 Å². The maximum Gasteiger partial charge on any atom is 0.465 e. The maximum atomic E-state index is 12.9. The predicted molar refractivity (Wildman–Crippen MR) is 71.7 cm³/mol. The van der Waals surface area contributed by atoms with Crippen LogP contribution in [0.3, 0.4) is 0 Å². The van der Waals surface area contributed by atoms with Crippen molar-refractivity contribution in [2.24, 2.45) is 0 Å². The van der Waals surface area contributed by atoms with Gasteiger partial charge in [0.05, 0.1) is 0 Å². The fraction of sp³-hybridized carbons (Fsp3) is 0.933. The van der Waals surface area contributed by atoms with E-state index in [-0.39, 0.29) is 0 Å². The second-order valence-electron chi connectivity index (χ2n) is 5.86. The van der Waals surface area contributed by atoms with Gasteiger partial charge in [-0.3, -0.25) is 0 Å². The third-order valence-electron chi connectivity index (χ3n) is 3.94. The summed E-state index contributed by atoms with van der Waals surface area (Å²) in [5.74, 6) is -7.91. The van der Waals surface area contributed by atoms with Crippen molar-refractivity contribution in [3.63, 3.8) is 0 Å². The minimum Gasteiger partial charge on any atom is -0.458 e. The molecule has 1 fully saturated rings. The number of hydrogen-bond donors (Lipinski definition) is 0. The largest absolute Gasteiger partial charge is 0.465 e. The molecule has 130 valence electrons. The molecule has 0 heterocycles. The first-order valence-electron chi connectivity index (χ1n) is 7.91. The lowest BCUT2D eigenvalue weighted by Gasteiger charge is -2.23. The van der Waals surface area contributed by atoms with Crippen molar-refractivity contribution < 1.29 is 31.5 Å². The van der Waals surface area contributed by atoms with E-state index < -0.39 is 24.2 Å². The molecule has 0 unspecified atom stereocenters. The fourth-order valence-electron chi connectivity index (χ4n) is 2.58. The quantitative estimate of drug-likeness (QED) is 0.500. The molecule has 0 aromatic heterocycles. The summed E-state index contributed by atoms with van der Waals surface area (Å²) >= 11 is 0. The molecule has 0 aromatic rings. The number of ether oxygens (including phenoxy) is 1. The van der Waals surface area contributed by atoms with Crippen molar-refractivity contribution in [3.05, 3.63) is 0 Å². The van der Waals surface area contributed by atoms with Crippen LogP contribution in [-0.2, 0) is 9.53 Å². The van der Waals surface area contributed by atoms with E-state index in [1.165, 1.54) is 6.42 Å². The summed E-state index contributed by atoms with van der Waals surface area (Å²) in [5.41, 5.74) is 0. The van der Waals surface area contributed by atoms with Crippen LogP contribution in [0.4, 0.5) is 22.0 Å². The van der Waals surface area contributed by atoms with Crippen molar-refractivity contribution in [1.29, 1.82) is 0 Å². The summed E-state index contributed by atoms with van der Waals surface area (Å²) in [4.78, 5) is 11.2. The van der Waals surface area contributed by atoms with E-state index in [1.807, 2.05) is 0 Å². The van der Waals surface area contributed by atoms with Gasteiger partial charge in [0.1, 0.15) is 6.10 Å². The van der Waals surface area contributed by atoms with Crippen LogP contribution >= 0.6 is 0 Å². The van der Waals surface area contributed by atoms with E-state index in [0.29, 0.717) is 25.7 Å². The number of alkyl halides is 5. The van der Waals surface area contributed by atoms with Crippen LogP contribution in [0.5, 0.6) is 0 Å². The molecule has 0 spiro atoms. The Balaban J connectivity index is 2.56. The lowest BCUT2D eigenvalue weighted by Crippen LogP contribution is -2.46. The normalized spacial score (nSPS) is 20.8. The molecular weight excluding hydrogens is 307 g/mol. The van der Waals surface area contributed by atoms with Crippen molar-refractivity contribution in [2.75, 3.05) is 0 Å². The van der Waals surface area contributed by atoms with Crippen LogP contribution in [0.2, 0.25) is 0 Å². The van der Waals surface area contributed by atoms with E-state index in [1.54, 1.807) is 0 Å². The Labute approximate surface area is 127 Å². The Morgan fingerprint density at radius 3 is 1.45 bits per heavy atom. The van der Waals surface area contributed by atoms with Crippen molar-refractivity contribution in [1.82, 2.24) is 0 Å². The smallest absolute Gasteiger partial charge is 0.458 e. The summed E-state index contributed by atoms with van der Waals surface area (Å²) in [6, 6.07) is 0. The van der Waals surface area contributed by atoms with Gasteiger partial charge in [-0.2, -0.15) is 22.0 Å². The number of hydrogen-bond acceptors (Lipinski definition) is 2. The molecule has 1 rings (SSSR count). The van der Waals surface area contributed by atoms with E-state index >= 15 is 0 Å². The van der Waals surface area contributed by atoms with Crippen molar-refractivity contribution in [2.45, 2.75) is 88.8 Å². The fourth-order valence-corrected chi connectivity index (χ4v) is 2.58. The van der Waals surface area contributed by atoms with Crippen LogP contribution in [0.1, 0.15) is 70.6 Å². The molecule has 0 amide bonds. The Bertz CT molecular complexity index is 329. The van der Waals surface area contributed by atoms with Gasteiger partial charge in [0.25, 0.3) is 0 Å². The topological polar surface area (TPSA) is 26.3 Å². The van der Waals surface area contributed by atoms with Crippen LogP contribution in [0.25, 0.3) is 0 Å². The highest BCUT2D eigenvalue weighted by atomic mass is 19.4. The zero-order chi connectivity index (χ0) is 16.6.